The van der Waals surface area contributed by atoms with Gasteiger partial charge in [0, 0.05) is 12.0 Å². The average Bonchev–Trinajstić information content (AvgIpc) is 3.51. The summed E-state index contributed by atoms with van der Waals surface area (Å²) in [5.74, 6) is 2.39. The Balaban J connectivity index is 0.00000261. The summed E-state index contributed by atoms with van der Waals surface area (Å²) in [5.41, 5.74) is 1.23. The molecule has 2 saturated carbocycles. The molecule has 3 rings (SSSR count). The van der Waals surface area contributed by atoms with Crippen molar-refractivity contribution in [2.45, 2.75) is 50.4 Å². The monoisotopic (exact) mass is 396 g/mol. The normalized spacial score (nSPS) is 18.3. The number of halogens is 1. The summed E-state index contributed by atoms with van der Waals surface area (Å²) >= 11 is 0. The Morgan fingerprint density at radius 2 is 1.81 bits per heavy atom. The van der Waals surface area contributed by atoms with Gasteiger partial charge in [-0.25, -0.2) is 0 Å². The minimum absolute atomic E-state index is 0. The molecule has 0 radical (unpaired) electrons. The molecule has 2 aliphatic rings. The van der Waals surface area contributed by atoms with Crippen LogP contribution in [0.25, 0.3) is 0 Å². The third-order valence-corrected chi connectivity index (χ3v) is 5.85. The molecule has 2 N–H and O–H groups in total. The quantitative estimate of drug-likeness (QED) is 0.671. The number of rotatable bonds is 9. The van der Waals surface area contributed by atoms with Gasteiger partial charge in [0.2, 0.25) is 5.91 Å². The van der Waals surface area contributed by atoms with Crippen LogP contribution >= 0.6 is 12.4 Å². The van der Waals surface area contributed by atoms with Gasteiger partial charge in [-0.05, 0) is 55.8 Å². The van der Waals surface area contributed by atoms with Crippen LogP contribution in [0.1, 0.15) is 50.5 Å². The van der Waals surface area contributed by atoms with Gasteiger partial charge in [-0.3, -0.25) is 4.79 Å². The van der Waals surface area contributed by atoms with E-state index < -0.39 is 0 Å². The van der Waals surface area contributed by atoms with E-state index in [0.29, 0.717) is 13.1 Å². The van der Waals surface area contributed by atoms with E-state index in [9.17, 15) is 4.79 Å². The summed E-state index contributed by atoms with van der Waals surface area (Å²) in [6, 6.07) is 6.19. The standard InChI is InChI=1S/C21H32N2O3.ClH/c1-25-18-9-8-17(12-19(18)26-2)21(10-4-3-5-11-21)15-23-20(24)14-22-13-16-6-7-16;/h8-9,12,16,22H,3-7,10-11,13-15H2,1-2H3,(H,23,24);1H. The summed E-state index contributed by atoms with van der Waals surface area (Å²) in [4.78, 5) is 12.3. The molecule has 0 spiro atoms. The Morgan fingerprint density at radius 3 is 2.44 bits per heavy atom. The summed E-state index contributed by atoms with van der Waals surface area (Å²) in [6.45, 7) is 2.07. The lowest BCUT2D eigenvalue weighted by molar-refractivity contribution is -0.120. The number of carbonyl (C=O) groups is 1. The summed E-state index contributed by atoms with van der Waals surface area (Å²) < 4.78 is 10.9. The van der Waals surface area contributed by atoms with Gasteiger partial charge in [0.25, 0.3) is 0 Å². The second kappa shape index (κ2) is 10.2. The van der Waals surface area contributed by atoms with Crippen molar-refractivity contribution in [1.82, 2.24) is 10.6 Å². The molecule has 0 bridgehead atoms. The number of carbonyl (C=O) groups excluding carboxylic acids is 1. The van der Waals surface area contributed by atoms with Crippen LogP contribution in [0, 0.1) is 5.92 Å². The second-order valence-corrected chi connectivity index (χ2v) is 7.76. The van der Waals surface area contributed by atoms with Gasteiger partial charge in [0.15, 0.2) is 11.5 Å². The van der Waals surface area contributed by atoms with Gasteiger partial charge in [-0.2, -0.15) is 0 Å². The van der Waals surface area contributed by atoms with Crippen molar-refractivity contribution in [3.05, 3.63) is 23.8 Å². The Kier molecular flexibility index (Phi) is 8.24. The summed E-state index contributed by atoms with van der Waals surface area (Å²) in [5, 5.41) is 6.45. The van der Waals surface area contributed by atoms with E-state index >= 15 is 0 Å². The fraction of sp³-hybridized carbons (Fsp3) is 0.667. The van der Waals surface area contributed by atoms with E-state index in [1.54, 1.807) is 14.2 Å². The van der Waals surface area contributed by atoms with Crippen molar-refractivity contribution in [3.8, 4) is 11.5 Å². The molecule has 1 aromatic carbocycles. The van der Waals surface area contributed by atoms with Crippen LogP contribution in [0.2, 0.25) is 0 Å². The number of hydrogen-bond donors (Lipinski definition) is 2. The molecule has 0 unspecified atom stereocenters. The van der Waals surface area contributed by atoms with Gasteiger partial charge in [0.1, 0.15) is 0 Å². The number of benzene rings is 1. The van der Waals surface area contributed by atoms with E-state index in [2.05, 4.69) is 22.8 Å². The minimum Gasteiger partial charge on any atom is -0.493 e. The van der Waals surface area contributed by atoms with E-state index in [1.165, 1.54) is 37.7 Å². The van der Waals surface area contributed by atoms with Crippen molar-refractivity contribution in [2.24, 2.45) is 5.92 Å². The number of ether oxygens (including phenoxy) is 2. The molecular formula is C21H33ClN2O3. The van der Waals surface area contributed by atoms with Crippen molar-refractivity contribution in [3.63, 3.8) is 0 Å². The van der Waals surface area contributed by atoms with E-state index in [4.69, 9.17) is 9.47 Å². The highest BCUT2D eigenvalue weighted by Crippen LogP contribution is 2.42. The third-order valence-electron chi connectivity index (χ3n) is 5.85. The molecule has 0 atom stereocenters. The van der Waals surface area contributed by atoms with Crippen molar-refractivity contribution in [2.75, 3.05) is 33.9 Å². The fourth-order valence-corrected chi connectivity index (χ4v) is 4.00. The Hall–Kier alpha value is -1.46. The van der Waals surface area contributed by atoms with Crippen LogP contribution in [-0.2, 0) is 10.2 Å². The maximum Gasteiger partial charge on any atom is 0.233 e. The molecule has 27 heavy (non-hydrogen) atoms. The maximum absolute atomic E-state index is 12.3. The lowest BCUT2D eigenvalue weighted by Crippen LogP contribution is -2.44. The molecule has 0 aliphatic heterocycles. The molecule has 2 aliphatic carbocycles. The van der Waals surface area contributed by atoms with Gasteiger partial charge in [-0.15, -0.1) is 12.4 Å². The summed E-state index contributed by atoms with van der Waals surface area (Å²) in [6.07, 6.45) is 8.46. The molecule has 6 heteroatoms. The molecule has 1 amide bonds. The Morgan fingerprint density at radius 1 is 1.11 bits per heavy atom. The third kappa shape index (κ3) is 5.76. The molecule has 0 saturated heterocycles. The molecule has 5 nitrogen and oxygen atoms in total. The zero-order chi connectivity index (χ0) is 18.4. The van der Waals surface area contributed by atoms with Crippen molar-refractivity contribution in [1.29, 1.82) is 0 Å². The van der Waals surface area contributed by atoms with Crippen LogP contribution in [0.4, 0.5) is 0 Å². The molecule has 0 heterocycles. The maximum atomic E-state index is 12.3. The first-order chi connectivity index (χ1) is 12.7. The molecule has 152 valence electrons. The first kappa shape index (κ1) is 21.8. The smallest absolute Gasteiger partial charge is 0.233 e. The fourth-order valence-electron chi connectivity index (χ4n) is 4.00. The highest BCUT2D eigenvalue weighted by atomic mass is 35.5. The SMILES string of the molecule is COc1ccc(C2(CNC(=O)CNCC3CC3)CCCCC2)cc1OC.Cl. The van der Waals surface area contributed by atoms with E-state index in [0.717, 1.165) is 36.8 Å². The molecule has 0 aromatic heterocycles. The zero-order valence-corrected chi connectivity index (χ0v) is 17.3. The van der Waals surface area contributed by atoms with Crippen molar-refractivity contribution < 1.29 is 14.3 Å². The van der Waals surface area contributed by atoms with Gasteiger partial charge >= 0.3 is 0 Å². The van der Waals surface area contributed by atoms with Crippen LogP contribution in [0.3, 0.4) is 0 Å². The predicted molar refractivity (Wildman–Crippen MR) is 110 cm³/mol. The van der Waals surface area contributed by atoms with Crippen molar-refractivity contribution >= 4 is 18.3 Å². The van der Waals surface area contributed by atoms with Gasteiger partial charge in [0.05, 0.1) is 20.8 Å². The van der Waals surface area contributed by atoms with Crippen LogP contribution in [0.15, 0.2) is 18.2 Å². The largest absolute Gasteiger partial charge is 0.493 e. The molecule has 1 aromatic rings. The average molecular weight is 397 g/mol. The summed E-state index contributed by atoms with van der Waals surface area (Å²) in [7, 11) is 3.32. The van der Waals surface area contributed by atoms with Crippen LogP contribution in [-0.4, -0.2) is 39.8 Å². The van der Waals surface area contributed by atoms with Gasteiger partial charge < -0.3 is 20.1 Å². The highest BCUT2D eigenvalue weighted by molar-refractivity contribution is 5.85. The lowest BCUT2D eigenvalue weighted by atomic mass is 9.69. The number of nitrogens with one attached hydrogen (secondary N) is 2. The number of hydrogen-bond acceptors (Lipinski definition) is 4. The van der Waals surface area contributed by atoms with Crippen LogP contribution < -0.4 is 20.1 Å². The minimum atomic E-state index is -0.00997. The Labute approximate surface area is 169 Å². The zero-order valence-electron chi connectivity index (χ0n) is 16.5. The number of methoxy groups -OCH3 is 2. The molecule has 2 fully saturated rings. The lowest BCUT2D eigenvalue weighted by Gasteiger charge is -2.38. The number of amides is 1. The van der Waals surface area contributed by atoms with Gasteiger partial charge in [-0.1, -0.05) is 25.3 Å². The highest BCUT2D eigenvalue weighted by Gasteiger charge is 2.35. The second-order valence-electron chi connectivity index (χ2n) is 7.76. The first-order valence-corrected chi connectivity index (χ1v) is 9.87. The molecular weight excluding hydrogens is 364 g/mol. The Bertz CT molecular complexity index is 613. The first-order valence-electron chi connectivity index (χ1n) is 9.87. The van der Waals surface area contributed by atoms with E-state index in [1.807, 2.05) is 6.07 Å². The predicted octanol–water partition coefficient (Wildman–Crippen LogP) is 3.44. The van der Waals surface area contributed by atoms with E-state index in [-0.39, 0.29) is 23.7 Å². The van der Waals surface area contributed by atoms with Crippen LogP contribution in [0.5, 0.6) is 11.5 Å². The topological polar surface area (TPSA) is 59.6 Å².